The molecule has 1 N–H and O–H groups in total. The molecule has 158 valence electrons. The summed E-state index contributed by atoms with van der Waals surface area (Å²) in [5.41, 5.74) is 1.78. The summed E-state index contributed by atoms with van der Waals surface area (Å²) in [5, 5.41) is 4.62. The first kappa shape index (κ1) is 20.0. The predicted octanol–water partition coefficient (Wildman–Crippen LogP) is 3.05. The van der Waals surface area contributed by atoms with Crippen LogP contribution in [0, 0.1) is 11.7 Å². The molecule has 3 aliphatic rings. The first-order valence-corrected chi connectivity index (χ1v) is 11.5. The quantitative estimate of drug-likeness (QED) is 0.477. The van der Waals surface area contributed by atoms with Crippen LogP contribution in [0.5, 0.6) is 0 Å². The molecule has 3 aromatic heterocycles. The molecule has 7 nitrogen and oxygen atoms in total. The average Bonchev–Trinajstić information content (AvgIpc) is 3.44. The maximum atomic E-state index is 14.8. The number of nitrogens with one attached hydrogen (secondary N) is 1. The molecule has 1 saturated carbocycles. The third kappa shape index (κ3) is 2.90. The van der Waals surface area contributed by atoms with Gasteiger partial charge in [0.05, 0.1) is 11.6 Å². The lowest BCUT2D eigenvalue weighted by Gasteiger charge is -2.37. The zero-order valence-electron chi connectivity index (χ0n) is 16.9. The van der Waals surface area contributed by atoms with Crippen LogP contribution in [0.25, 0.3) is 21.9 Å². The van der Waals surface area contributed by atoms with Gasteiger partial charge < -0.3 is 14.8 Å². The van der Waals surface area contributed by atoms with Gasteiger partial charge in [-0.1, -0.05) is 11.6 Å². The van der Waals surface area contributed by atoms with Crippen molar-refractivity contribution < 1.29 is 9.18 Å². The van der Waals surface area contributed by atoms with E-state index >= 15 is 0 Å². The normalized spacial score (nSPS) is 22.6. The van der Waals surface area contributed by atoms with E-state index in [1.54, 1.807) is 25.2 Å². The summed E-state index contributed by atoms with van der Waals surface area (Å²) in [5.74, 6) is 0.777. The molecule has 3 fully saturated rings. The SMILES string of the molecule is CSc1nc2c(F)c(Cl)ncc2c2c1nc(CCC(=O)N(C)C)n2C1C2CNC1C2. The number of nitrogens with zero attached hydrogens (tertiary/aromatic N) is 5. The summed E-state index contributed by atoms with van der Waals surface area (Å²) < 4.78 is 17.0. The fourth-order valence-electron chi connectivity index (χ4n) is 4.70. The van der Waals surface area contributed by atoms with Gasteiger partial charge in [0.2, 0.25) is 5.91 Å². The van der Waals surface area contributed by atoms with Gasteiger partial charge in [-0.3, -0.25) is 4.79 Å². The fraction of sp³-hybridized carbons (Fsp3) is 0.500. The number of hydrogen-bond donors (Lipinski definition) is 1. The molecular formula is C20H22ClFN6OS. The number of pyridine rings is 2. The monoisotopic (exact) mass is 448 g/mol. The number of aryl methyl sites for hydroxylation is 1. The number of imidazole rings is 1. The Bertz CT molecular complexity index is 1170. The minimum Gasteiger partial charge on any atom is -0.349 e. The molecule has 0 aromatic carbocycles. The van der Waals surface area contributed by atoms with Gasteiger partial charge in [-0.15, -0.1) is 11.8 Å². The Kier molecular flexibility index (Phi) is 4.87. The highest BCUT2D eigenvalue weighted by Crippen LogP contribution is 2.47. The molecule has 10 heteroatoms. The van der Waals surface area contributed by atoms with E-state index in [9.17, 15) is 9.18 Å². The lowest BCUT2D eigenvalue weighted by Crippen LogP contribution is -2.39. The van der Waals surface area contributed by atoms with Crippen LogP contribution in [0.1, 0.15) is 24.7 Å². The van der Waals surface area contributed by atoms with E-state index in [4.69, 9.17) is 16.6 Å². The van der Waals surface area contributed by atoms with Gasteiger partial charge in [-0.05, 0) is 18.6 Å². The second kappa shape index (κ2) is 7.32. The maximum absolute atomic E-state index is 14.8. The van der Waals surface area contributed by atoms with E-state index in [0.717, 1.165) is 29.8 Å². The van der Waals surface area contributed by atoms with Crippen molar-refractivity contribution in [2.45, 2.75) is 36.4 Å². The molecule has 0 spiro atoms. The third-order valence-electron chi connectivity index (χ3n) is 6.25. The lowest BCUT2D eigenvalue weighted by atomic mass is 9.79. The van der Waals surface area contributed by atoms with Crippen molar-refractivity contribution in [3.05, 3.63) is 23.0 Å². The van der Waals surface area contributed by atoms with Crippen LogP contribution in [0.4, 0.5) is 4.39 Å². The molecule has 3 atom stereocenters. The Balaban J connectivity index is 1.76. The number of carbonyl (C=O) groups excluding carboxylic acids is 1. The Labute approximate surface area is 182 Å². The summed E-state index contributed by atoms with van der Waals surface area (Å²) in [4.78, 5) is 27.3. The first-order valence-electron chi connectivity index (χ1n) is 9.92. The molecule has 3 unspecified atom stereocenters. The van der Waals surface area contributed by atoms with E-state index in [1.165, 1.54) is 11.8 Å². The van der Waals surface area contributed by atoms with Gasteiger partial charge in [-0.25, -0.2) is 19.3 Å². The second-order valence-electron chi connectivity index (χ2n) is 8.13. The van der Waals surface area contributed by atoms with Crippen molar-refractivity contribution in [3.8, 4) is 0 Å². The van der Waals surface area contributed by atoms with Crippen LogP contribution in [0.3, 0.4) is 0 Å². The number of carbonyl (C=O) groups is 1. The van der Waals surface area contributed by atoms with E-state index in [0.29, 0.717) is 35.2 Å². The van der Waals surface area contributed by atoms with Crippen LogP contribution in [0.15, 0.2) is 11.2 Å². The molecule has 30 heavy (non-hydrogen) atoms. The van der Waals surface area contributed by atoms with Gasteiger partial charge in [0, 0.05) is 51.1 Å². The summed E-state index contributed by atoms with van der Waals surface area (Å²) >= 11 is 7.37. The molecule has 2 bridgehead atoms. The Morgan fingerprint density at radius 1 is 1.40 bits per heavy atom. The molecule has 1 aliphatic carbocycles. The molecule has 0 radical (unpaired) electrons. The fourth-order valence-corrected chi connectivity index (χ4v) is 5.36. The molecular weight excluding hydrogens is 427 g/mol. The van der Waals surface area contributed by atoms with Crippen LogP contribution >= 0.6 is 23.4 Å². The minimum absolute atomic E-state index is 0.0517. The molecule has 2 saturated heterocycles. The predicted molar refractivity (Wildman–Crippen MR) is 116 cm³/mol. The van der Waals surface area contributed by atoms with Crippen molar-refractivity contribution in [3.63, 3.8) is 0 Å². The second-order valence-corrected chi connectivity index (χ2v) is 9.28. The number of halogens is 2. The lowest BCUT2D eigenvalue weighted by molar-refractivity contribution is -0.128. The molecule has 2 aliphatic heterocycles. The van der Waals surface area contributed by atoms with Crippen molar-refractivity contribution in [2.75, 3.05) is 26.9 Å². The van der Waals surface area contributed by atoms with Gasteiger partial charge >= 0.3 is 0 Å². The number of thioether (sulfide) groups is 1. The average molecular weight is 449 g/mol. The number of aromatic nitrogens is 4. The molecule has 3 aromatic rings. The van der Waals surface area contributed by atoms with Crippen LogP contribution in [0.2, 0.25) is 5.15 Å². The highest BCUT2D eigenvalue weighted by Gasteiger charge is 2.49. The summed E-state index contributed by atoms with van der Waals surface area (Å²) in [7, 11) is 3.51. The number of hydrogen-bond acceptors (Lipinski definition) is 6. The standard InChI is InChI=1S/C20H22ClFN6OS/c1-27(2)13(29)5-4-12-25-16-18(28(12)17-9-6-11(17)23-7-9)10-8-24-19(21)14(22)15(10)26-20(16)30-3/h8-9,11,17,23H,4-7H2,1-3H3. The van der Waals surface area contributed by atoms with Crippen LogP contribution < -0.4 is 5.32 Å². The van der Waals surface area contributed by atoms with E-state index < -0.39 is 5.82 Å². The number of rotatable bonds is 5. The smallest absolute Gasteiger partial charge is 0.222 e. The Morgan fingerprint density at radius 2 is 2.20 bits per heavy atom. The summed E-state index contributed by atoms with van der Waals surface area (Å²) in [6.07, 6.45) is 5.49. The van der Waals surface area contributed by atoms with Gasteiger partial charge in [-0.2, -0.15) is 0 Å². The van der Waals surface area contributed by atoms with Crippen molar-refractivity contribution in [2.24, 2.45) is 5.92 Å². The largest absolute Gasteiger partial charge is 0.349 e. The Morgan fingerprint density at radius 3 is 2.83 bits per heavy atom. The third-order valence-corrected chi connectivity index (χ3v) is 7.19. The van der Waals surface area contributed by atoms with Crippen molar-refractivity contribution in [1.29, 1.82) is 0 Å². The van der Waals surface area contributed by atoms with Crippen LogP contribution in [-0.4, -0.2) is 63.3 Å². The van der Waals surface area contributed by atoms with Gasteiger partial charge in [0.15, 0.2) is 11.0 Å². The Hall–Kier alpha value is -1.97. The van der Waals surface area contributed by atoms with Crippen molar-refractivity contribution >= 4 is 51.2 Å². The highest BCUT2D eigenvalue weighted by atomic mass is 35.5. The molecule has 1 amide bonds. The van der Waals surface area contributed by atoms with E-state index in [-0.39, 0.29) is 22.6 Å². The molecule has 6 rings (SSSR count). The van der Waals surface area contributed by atoms with Crippen LogP contribution in [-0.2, 0) is 11.2 Å². The van der Waals surface area contributed by atoms with Gasteiger partial charge in [0.25, 0.3) is 0 Å². The van der Waals surface area contributed by atoms with E-state index in [2.05, 4.69) is 19.9 Å². The van der Waals surface area contributed by atoms with Gasteiger partial charge in [0.1, 0.15) is 21.9 Å². The summed E-state index contributed by atoms with van der Waals surface area (Å²) in [6, 6.07) is 0.597. The maximum Gasteiger partial charge on any atom is 0.222 e. The minimum atomic E-state index is -0.613. The topological polar surface area (TPSA) is 75.9 Å². The zero-order valence-corrected chi connectivity index (χ0v) is 18.5. The number of fused-ring (bicyclic) bond motifs is 4. The zero-order chi connectivity index (χ0) is 21.2. The first-order chi connectivity index (χ1) is 14.4. The van der Waals surface area contributed by atoms with Crippen molar-refractivity contribution in [1.82, 2.24) is 29.7 Å². The van der Waals surface area contributed by atoms with E-state index in [1.807, 2.05) is 6.26 Å². The summed E-state index contributed by atoms with van der Waals surface area (Å²) in [6.45, 7) is 0.960. The highest BCUT2D eigenvalue weighted by molar-refractivity contribution is 7.98. The number of amides is 1. The molecule has 5 heterocycles.